The Hall–Kier alpha value is -1.62. The minimum atomic E-state index is 0.231. The molecule has 0 bridgehead atoms. The quantitative estimate of drug-likeness (QED) is 0.650. The van der Waals surface area contributed by atoms with Crippen LogP contribution < -0.4 is 14.8 Å². The maximum absolute atomic E-state index is 6.07. The second kappa shape index (κ2) is 9.18. The third kappa shape index (κ3) is 5.70. The fourth-order valence-electron chi connectivity index (χ4n) is 2.58. The third-order valence-electron chi connectivity index (χ3n) is 3.90. The van der Waals surface area contributed by atoms with Gasteiger partial charge in [0.15, 0.2) is 0 Å². The summed E-state index contributed by atoms with van der Waals surface area (Å²) in [6, 6.07) is 13.1. The molecule has 0 aromatic heterocycles. The van der Waals surface area contributed by atoms with Gasteiger partial charge in [-0.05, 0) is 55.3 Å². The standard InChI is InChI=1S/C19H21Cl2NO3/c20-14-3-8-19(18(21)12-14)24-11-9-22-15-4-6-16(7-5-15)25-13-17-2-1-10-23-17/h3-8,12,17,22H,1-2,9-11,13H2/t17-/m1/s1. The van der Waals surface area contributed by atoms with E-state index in [9.17, 15) is 0 Å². The fourth-order valence-corrected chi connectivity index (χ4v) is 3.05. The Bertz CT molecular complexity index is 673. The van der Waals surface area contributed by atoms with Crippen molar-refractivity contribution >= 4 is 28.9 Å². The summed E-state index contributed by atoms with van der Waals surface area (Å²) in [4.78, 5) is 0. The number of ether oxygens (including phenoxy) is 3. The maximum Gasteiger partial charge on any atom is 0.138 e. The fraction of sp³-hybridized carbons (Fsp3) is 0.368. The molecule has 0 unspecified atom stereocenters. The maximum atomic E-state index is 6.07. The van der Waals surface area contributed by atoms with Crippen molar-refractivity contribution in [3.8, 4) is 11.5 Å². The number of hydrogen-bond donors (Lipinski definition) is 1. The van der Waals surface area contributed by atoms with Crippen molar-refractivity contribution in [3.05, 3.63) is 52.5 Å². The number of hydrogen-bond acceptors (Lipinski definition) is 4. The zero-order valence-corrected chi connectivity index (χ0v) is 15.4. The highest BCUT2D eigenvalue weighted by molar-refractivity contribution is 6.35. The van der Waals surface area contributed by atoms with Crippen LogP contribution in [0, 0.1) is 0 Å². The van der Waals surface area contributed by atoms with Crippen molar-refractivity contribution in [3.63, 3.8) is 0 Å². The van der Waals surface area contributed by atoms with Crippen LogP contribution in [-0.2, 0) is 4.74 Å². The van der Waals surface area contributed by atoms with E-state index in [1.165, 1.54) is 0 Å². The molecule has 2 aromatic carbocycles. The first-order valence-corrected chi connectivity index (χ1v) is 9.12. The molecule has 6 heteroatoms. The molecule has 25 heavy (non-hydrogen) atoms. The molecule has 3 rings (SSSR count). The van der Waals surface area contributed by atoms with Crippen LogP contribution in [0.4, 0.5) is 5.69 Å². The van der Waals surface area contributed by atoms with Crippen molar-refractivity contribution < 1.29 is 14.2 Å². The van der Waals surface area contributed by atoms with E-state index in [1.54, 1.807) is 18.2 Å². The lowest BCUT2D eigenvalue weighted by atomic mass is 10.2. The van der Waals surface area contributed by atoms with Crippen molar-refractivity contribution in [1.82, 2.24) is 0 Å². The van der Waals surface area contributed by atoms with Gasteiger partial charge in [0.2, 0.25) is 0 Å². The minimum absolute atomic E-state index is 0.231. The first-order chi connectivity index (χ1) is 12.2. The molecule has 1 fully saturated rings. The van der Waals surface area contributed by atoms with Gasteiger partial charge in [-0.3, -0.25) is 0 Å². The third-order valence-corrected chi connectivity index (χ3v) is 4.43. The molecular weight excluding hydrogens is 361 g/mol. The van der Waals surface area contributed by atoms with Crippen LogP contribution in [0.15, 0.2) is 42.5 Å². The topological polar surface area (TPSA) is 39.7 Å². The van der Waals surface area contributed by atoms with E-state index >= 15 is 0 Å². The van der Waals surface area contributed by atoms with Gasteiger partial charge in [-0.25, -0.2) is 0 Å². The largest absolute Gasteiger partial charge is 0.491 e. The van der Waals surface area contributed by atoms with Crippen molar-refractivity contribution in [2.45, 2.75) is 18.9 Å². The Morgan fingerprint density at radius 3 is 2.64 bits per heavy atom. The minimum Gasteiger partial charge on any atom is -0.491 e. The molecule has 0 radical (unpaired) electrons. The predicted octanol–water partition coefficient (Wildman–Crippen LogP) is 5.04. The van der Waals surface area contributed by atoms with E-state index in [4.69, 9.17) is 37.4 Å². The molecule has 1 saturated heterocycles. The van der Waals surface area contributed by atoms with Crippen molar-refractivity contribution in [2.75, 3.05) is 31.7 Å². The van der Waals surface area contributed by atoms with Gasteiger partial charge < -0.3 is 19.5 Å². The van der Waals surface area contributed by atoms with E-state index in [0.29, 0.717) is 35.6 Å². The van der Waals surface area contributed by atoms with E-state index in [1.807, 2.05) is 24.3 Å². The van der Waals surface area contributed by atoms with Crippen molar-refractivity contribution in [1.29, 1.82) is 0 Å². The second-order valence-corrected chi connectivity index (χ2v) is 6.66. The van der Waals surface area contributed by atoms with Crippen LogP contribution in [0.2, 0.25) is 10.0 Å². The van der Waals surface area contributed by atoms with Gasteiger partial charge in [0.25, 0.3) is 0 Å². The molecule has 2 aromatic rings. The Kier molecular flexibility index (Phi) is 6.68. The Balaban J connectivity index is 1.38. The lowest BCUT2D eigenvalue weighted by molar-refractivity contribution is 0.0679. The summed E-state index contributed by atoms with van der Waals surface area (Å²) in [5, 5.41) is 4.40. The van der Waals surface area contributed by atoms with E-state index in [0.717, 1.165) is 30.9 Å². The number of benzene rings is 2. The average molecular weight is 382 g/mol. The van der Waals surface area contributed by atoms with Crippen LogP contribution in [0.25, 0.3) is 0 Å². The molecule has 134 valence electrons. The zero-order chi connectivity index (χ0) is 17.5. The molecule has 1 N–H and O–H groups in total. The lowest BCUT2D eigenvalue weighted by Crippen LogP contribution is -2.16. The summed E-state index contributed by atoms with van der Waals surface area (Å²) in [6.07, 6.45) is 2.44. The molecule has 1 aliphatic heterocycles. The van der Waals surface area contributed by atoms with Gasteiger partial charge in [0.1, 0.15) is 24.7 Å². The van der Waals surface area contributed by atoms with Gasteiger partial charge >= 0.3 is 0 Å². The van der Waals surface area contributed by atoms with E-state index in [-0.39, 0.29) is 6.10 Å². The monoisotopic (exact) mass is 381 g/mol. The zero-order valence-electron chi connectivity index (χ0n) is 13.8. The van der Waals surface area contributed by atoms with Gasteiger partial charge in [-0.2, -0.15) is 0 Å². The molecular formula is C19H21Cl2NO3. The molecule has 1 atom stereocenters. The smallest absolute Gasteiger partial charge is 0.138 e. The van der Waals surface area contributed by atoms with Crippen LogP contribution in [-0.4, -0.2) is 32.5 Å². The molecule has 0 amide bonds. The molecule has 0 spiro atoms. The first-order valence-electron chi connectivity index (χ1n) is 8.37. The summed E-state index contributed by atoms with van der Waals surface area (Å²) < 4.78 is 16.9. The Morgan fingerprint density at radius 1 is 1.08 bits per heavy atom. The summed E-state index contributed by atoms with van der Waals surface area (Å²) in [5.41, 5.74) is 1.01. The number of anilines is 1. The van der Waals surface area contributed by atoms with Crippen LogP contribution in [0.3, 0.4) is 0 Å². The van der Waals surface area contributed by atoms with Crippen LogP contribution in [0.5, 0.6) is 11.5 Å². The van der Waals surface area contributed by atoms with Crippen LogP contribution >= 0.6 is 23.2 Å². The highest BCUT2D eigenvalue weighted by Gasteiger charge is 2.15. The normalized spacial score (nSPS) is 16.6. The van der Waals surface area contributed by atoms with Gasteiger partial charge in [0.05, 0.1) is 11.1 Å². The molecule has 1 aliphatic rings. The highest BCUT2D eigenvalue weighted by Crippen LogP contribution is 2.27. The van der Waals surface area contributed by atoms with Crippen LogP contribution in [0.1, 0.15) is 12.8 Å². The molecule has 0 aliphatic carbocycles. The van der Waals surface area contributed by atoms with Crippen molar-refractivity contribution in [2.24, 2.45) is 0 Å². The van der Waals surface area contributed by atoms with E-state index < -0.39 is 0 Å². The molecule has 0 saturated carbocycles. The lowest BCUT2D eigenvalue weighted by Gasteiger charge is -2.12. The average Bonchev–Trinajstić information content (AvgIpc) is 3.13. The number of nitrogens with one attached hydrogen (secondary N) is 1. The first kappa shape index (κ1) is 18.2. The van der Waals surface area contributed by atoms with E-state index in [2.05, 4.69) is 5.32 Å². The summed E-state index contributed by atoms with van der Waals surface area (Å²) in [5.74, 6) is 1.48. The summed E-state index contributed by atoms with van der Waals surface area (Å²) in [6.45, 7) is 2.62. The SMILES string of the molecule is Clc1ccc(OCCNc2ccc(OC[C@H]3CCCO3)cc2)c(Cl)c1. The second-order valence-electron chi connectivity index (χ2n) is 5.82. The number of halogens is 2. The Morgan fingerprint density at radius 2 is 1.92 bits per heavy atom. The van der Waals surface area contributed by atoms with Gasteiger partial charge in [-0.15, -0.1) is 0 Å². The van der Waals surface area contributed by atoms with Gasteiger partial charge in [-0.1, -0.05) is 23.2 Å². The summed E-state index contributed by atoms with van der Waals surface area (Å²) in [7, 11) is 0. The molecule has 1 heterocycles. The van der Waals surface area contributed by atoms with Gasteiger partial charge in [0, 0.05) is 23.9 Å². The highest BCUT2D eigenvalue weighted by atomic mass is 35.5. The Labute approximate surface area is 158 Å². The predicted molar refractivity (Wildman–Crippen MR) is 101 cm³/mol. The number of rotatable bonds is 8. The molecule has 4 nitrogen and oxygen atoms in total. The summed E-state index contributed by atoms with van der Waals surface area (Å²) >= 11 is 11.9.